The van der Waals surface area contributed by atoms with Gasteiger partial charge in [-0.2, -0.15) is 0 Å². The molecule has 0 aromatic heterocycles. The first kappa shape index (κ1) is 20.7. The van der Waals surface area contributed by atoms with Gasteiger partial charge >= 0.3 is 0 Å². The van der Waals surface area contributed by atoms with Crippen LogP contribution in [0.4, 0.5) is 11.4 Å². The summed E-state index contributed by atoms with van der Waals surface area (Å²) in [5, 5.41) is 14.0. The number of nitrogens with two attached hydrogens (primary N) is 1. The molecule has 1 aliphatic rings. The number of rotatable bonds is 6. The molecule has 2 aromatic carbocycles. The minimum atomic E-state index is -0.460. The maximum atomic E-state index is 12.6. The largest absolute Gasteiger partial charge is 0.371 e. The van der Waals surface area contributed by atoms with Crippen LogP contribution >= 0.6 is 12.4 Å². The summed E-state index contributed by atoms with van der Waals surface area (Å²) >= 11 is 0. The van der Waals surface area contributed by atoms with E-state index in [0.29, 0.717) is 25.3 Å². The lowest BCUT2D eigenvalue weighted by atomic mass is 9.89. The Bertz CT molecular complexity index is 788. The Morgan fingerprint density at radius 1 is 1.15 bits per heavy atom. The second kappa shape index (κ2) is 9.34. The lowest BCUT2D eigenvalue weighted by Gasteiger charge is -2.17. The molecule has 7 nitrogen and oxygen atoms in total. The molecule has 1 heterocycles. The molecule has 1 fully saturated rings. The van der Waals surface area contributed by atoms with Crippen LogP contribution in [0.2, 0.25) is 0 Å². The molecular weight excluding hydrogens is 368 g/mol. The summed E-state index contributed by atoms with van der Waals surface area (Å²) in [6.07, 6.45) is 0. The van der Waals surface area contributed by atoms with Crippen LogP contribution in [-0.2, 0) is 4.79 Å². The molecule has 144 valence electrons. The van der Waals surface area contributed by atoms with Gasteiger partial charge < -0.3 is 16.0 Å². The molecule has 3 rings (SSSR count). The van der Waals surface area contributed by atoms with E-state index in [1.54, 1.807) is 23.1 Å². The minimum absolute atomic E-state index is 0. The van der Waals surface area contributed by atoms with Gasteiger partial charge in [0.05, 0.1) is 11.5 Å². The third-order valence-electron chi connectivity index (χ3n) is 4.86. The first-order valence-corrected chi connectivity index (χ1v) is 8.60. The number of amides is 1. The van der Waals surface area contributed by atoms with Gasteiger partial charge in [0, 0.05) is 25.1 Å². The standard InChI is InChI=1S/C19H22N4O3.ClH/c20-10-15-12-22(13-16(15)14-6-2-1-3-7-14)19(24)11-21-17-8-4-5-9-18(17)23(25)26;/h1-9,15-16,21H,10-13,20H2;1H/t15-,16+;/m1./s1. The Morgan fingerprint density at radius 3 is 2.48 bits per heavy atom. The van der Waals surface area contributed by atoms with E-state index in [1.807, 2.05) is 18.2 Å². The molecule has 1 saturated heterocycles. The van der Waals surface area contributed by atoms with Crippen molar-refractivity contribution in [2.75, 3.05) is 31.5 Å². The number of likely N-dealkylation sites (tertiary alicyclic amines) is 1. The zero-order valence-electron chi connectivity index (χ0n) is 14.8. The van der Waals surface area contributed by atoms with Crippen molar-refractivity contribution >= 4 is 29.7 Å². The highest BCUT2D eigenvalue weighted by atomic mass is 35.5. The van der Waals surface area contributed by atoms with Crippen molar-refractivity contribution < 1.29 is 9.72 Å². The van der Waals surface area contributed by atoms with Crippen molar-refractivity contribution in [3.63, 3.8) is 0 Å². The highest BCUT2D eigenvalue weighted by Crippen LogP contribution is 2.32. The quantitative estimate of drug-likeness (QED) is 0.583. The fraction of sp³-hybridized carbons (Fsp3) is 0.316. The molecule has 1 aliphatic heterocycles. The summed E-state index contributed by atoms with van der Waals surface area (Å²) in [4.78, 5) is 25.0. The Morgan fingerprint density at radius 2 is 1.81 bits per heavy atom. The molecule has 2 aromatic rings. The van der Waals surface area contributed by atoms with Gasteiger partial charge in [-0.05, 0) is 24.1 Å². The summed E-state index contributed by atoms with van der Waals surface area (Å²) < 4.78 is 0. The van der Waals surface area contributed by atoms with Crippen LogP contribution in [0.15, 0.2) is 54.6 Å². The van der Waals surface area contributed by atoms with Crippen LogP contribution in [-0.4, -0.2) is 41.9 Å². The predicted octanol–water partition coefficient (Wildman–Crippen LogP) is 2.63. The normalized spacial score (nSPS) is 18.6. The second-order valence-electron chi connectivity index (χ2n) is 6.44. The van der Waals surface area contributed by atoms with E-state index in [1.165, 1.54) is 11.6 Å². The molecule has 0 aliphatic carbocycles. The van der Waals surface area contributed by atoms with Gasteiger partial charge in [-0.15, -0.1) is 12.4 Å². The van der Waals surface area contributed by atoms with E-state index >= 15 is 0 Å². The molecule has 0 unspecified atom stereocenters. The molecule has 8 heteroatoms. The number of hydrogen-bond acceptors (Lipinski definition) is 5. The number of nitro benzene ring substituents is 1. The van der Waals surface area contributed by atoms with Crippen molar-refractivity contribution in [1.29, 1.82) is 0 Å². The first-order valence-electron chi connectivity index (χ1n) is 8.60. The summed E-state index contributed by atoms with van der Waals surface area (Å²) in [5.74, 6) is 0.351. The number of anilines is 1. The first-order chi connectivity index (χ1) is 12.6. The average molecular weight is 391 g/mol. The maximum Gasteiger partial charge on any atom is 0.292 e. The summed E-state index contributed by atoms with van der Waals surface area (Å²) in [6.45, 7) is 1.75. The molecule has 1 amide bonds. The van der Waals surface area contributed by atoms with Crippen molar-refractivity contribution in [2.45, 2.75) is 5.92 Å². The number of carbonyl (C=O) groups excluding carboxylic acids is 1. The van der Waals surface area contributed by atoms with E-state index in [9.17, 15) is 14.9 Å². The Hall–Kier alpha value is -2.64. The van der Waals surface area contributed by atoms with Crippen molar-refractivity contribution in [3.8, 4) is 0 Å². The van der Waals surface area contributed by atoms with Crippen LogP contribution in [0.1, 0.15) is 11.5 Å². The van der Waals surface area contributed by atoms with Crippen LogP contribution < -0.4 is 11.1 Å². The molecular formula is C19H23ClN4O3. The maximum absolute atomic E-state index is 12.6. The average Bonchev–Trinajstić information content (AvgIpc) is 3.11. The fourth-order valence-electron chi connectivity index (χ4n) is 3.46. The van der Waals surface area contributed by atoms with Crippen molar-refractivity contribution in [1.82, 2.24) is 4.90 Å². The highest BCUT2D eigenvalue weighted by molar-refractivity contribution is 5.85. The third kappa shape index (κ3) is 4.75. The highest BCUT2D eigenvalue weighted by Gasteiger charge is 2.35. The molecule has 27 heavy (non-hydrogen) atoms. The van der Waals surface area contributed by atoms with Gasteiger partial charge in [0.2, 0.25) is 5.91 Å². The van der Waals surface area contributed by atoms with Crippen LogP contribution in [0.25, 0.3) is 0 Å². The topological polar surface area (TPSA) is 102 Å². The van der Waals surface area contributed by atoms with Gasteiger partial charge in [0.1, 0.15) is 5.69 Å². The summed E-state index contributed by atoms with van der Waals surface area (Å²) in [5.41, 5.74) is 7.41. The zero-order chi connectivity index (χ0) is 18.5. The number of halogens is 1. The lowest BCUT2D eigenvalue weighted by molar-refractivity contribution is -0.383. The number of benzene rings is 2. The summed E-state index contributed by atoms with van der Waals surface area (Å²) in [7, 11) is 0. The van der Waals surface area contributed by atoms with E-state index < -0.39 is 4.92 Å². The molecule has 0 saturated carbocycles. The second-order valence-corrected chi connectivity index (χ2v) is 6.44. The van der Waals surface area contributed by atoms with Gasteiger partial charge in [-0.1, -0.05) is 42.5 Å². The number of hydrogen-bond donors (Lipinski definition) is 2. The van der Waals surface area contributed by atoms with Crippen LogP contribution in [0.3, 0.4) is 0 Å². The summed E-state index contributed by atoms with van der Waals surface area (Å²) in [6, 6.07) is 16.4. The Balaban J connectivity index is 0.00000261. The predicted molar refractivity (Wildman–Crippen MR) is 107 cm³/mol. The van der Waals surface area contributed by atoms with Crippen molar-refractivity contribution in [2.24, 2.45) is 11.7 Å². The third-order valence-corrected chi connectivity index (χ3v) is 4.86. The molecule has 0 spiro atoms. The fourth-order valence-corrected chi connectivity index (χ4v) is 3.46. The molecule has 0 bridgehead atoms. The number of nitrogens with zero attached hydrogens (tertiary/aromatic N) is 2. The van der Waals surface area contributed by atoms with Crippen LogP contribution in [0, 0.1) is 16.0 Å². The number of nitrogens with one attached hydrogen (secondary N) is 1. The van der Waals surface area contributed by atoms with E-state index in [-0.39, 0.29) is 42.4 Å². The molecule has 3 N–H and O–H groups in total. The minimum Gasteiger partial charge on any atom is -0.371 e. The van der Waals surface area contributed by atoms with Gasteiger partial charge in [0.15, 0.2) is 0 Å². The van der Waals surface area contributed by atoms with E-state index in [0.717, 1.165) is 0 Å². The number of carbonyl (C=O) groups is 1. The SMILES string of the molecule is Cl.NC[C@@H]1CN(C(=O)CNc2ccccc2[N+](=O)[O-])C[C@H]1c1ccccc1. The van der Waals surface area contributed by atoms with E-state index in [2.05, 4.69) is 17.4 Å². The Kier molecular flexibility index (Phi) is 7.15. The van der Waals surface area contributed by atoms with Crippen LogP contribution in [0.5, 0.6) is 0 Å². The van der Waals surface area contributed by atoms with E-state index in [4.69, 9.17) is 5.73 Å². The van der Waals surface area contributed by atoms with Crippen molar-refractivity contribution in [3.05, 3.63) is 70.3 Å². The number of para-hydroxylation sites is 2. The molecule has 0 radical (unpaired) electrons. The molecule has 2 atom stereocenters. The van der Waals surface area contributed by atoms with Gasteiger partial charge in [-0.3, -0.25) is 14.9 Å². The van der Waals surface area contributed by atoms with Gasteiger partial charge in [-0.25, -0.2) is 0 Å². The smallest absolute Gasteiger partial charge is 0.292 e. The monoisotopic (exact) mass is 390 g/mol. The van der Waals surface area contributed by atoms with Gasteiger partial charge in [0.25, 0.3) is 5.69 Å². The zero-order valence-corrected chi connectivity index (χ0v) is 15.6. The number of nitro groups is 1. The Labute approximate surface area is 164 Å². The lowest BCUT2D eigenvalue weighted by Crippen LogP contribution is -2.34.